The second-order valence-corrected chi connectivity index (χ2v) is 7.25. The van der Waals surface area contributed by atoms with Gasteiger partial charge in [-0.05, 0) is 49.1 Å². The Balaban J connectivity index is 2.11. The Kier molecular flexibility index (Phi) is 6.57. The predicted octanol–water partition coefficient (Wildman–Crippen LogP) is 4.15. The summed E-state index contributed by atoms with van der Waals surface area (Å²) >= 11 is 0. The molecule has 0 aliphatic carbocycles. The van der Waals surface area contributed by atoms with Crippen LogP contribution in [0.25, 0.3) is 0 Å². The zero-order chi connectivity index (χ0) is 20.1. The molecule has 5 nitrogen and oxygen atoms in total. The molecule has 2 unspecified atom stereocenters. The van der Waals surface area contributed by atoms with Gasteiger partial charge in [0.05, 0.1) is 31.7 Å². The van der Waals surface area contributed by atoms with E-state index in [4.69, 9.17) is 9.47 Å². The van der Waals surface area contributed by atoms with E-state index >= 15 is 0 Å². The number of ether oxygens (including phenoxy) is 2. The average Bonchev–Trinajstić information content (AvgIpc) is 2.74. The number of hydrogen-bond acceptors (Lipinski definition) is 4. The molecule has 1 saturated heterocycles. The molecule has 0 saturated carbocycles. The Hall–Kier alpha value is -2.53. The maximum absolute atomic E-state index is 11.6. The fourth-order valence-electron chi connectivity index (χ4n) is 4.09. The van der Waals surface area contributed by atoms with Crippen molar-refractivity contribution in [3.63, 3.8) is 0 Å². The van der Waals surface area contributed by atoms with E-state index in [9.17, 15) is 9.90 Å². The topological polar surface area (TPSA) is 59.0 Å². The van der Waals surface area contributed by atoms with Crippen molar-refractivity contribution in [1.82, 2.24) is 4.90 Å². The summed E-state index contributed by atoms with van der Waals surface area (Å²) in [7, 11) is 3.32. The summed E-state index contributed by atoms with van der Waals surface area (Å²) in [5.74, 6) is 0.423. The second kappa shape index (κ2) is 9.11. The summed E-state index contributed by atoms with van der Waals surface area (Å²) < 4.78 is 11.4. The lowest BCUT2D eigenvalue weighted by atomic mass is 9.90. The second-order valence-electron chi connectivity index (χ2n) is 7.25. The highest BCUT2D eigenvalue weighted by atomic mass is 16.5. The van der Waals surface area contributed by atoms with Crippen molar-refractivity contribution in [2.75, 3.05) is 27.3 Å². The molecule has 1 aliphatic rings. The highest BCUT2D eigenvalue weighted by Gasteiger charge is 2.34. The first-order valence-electron chi connectivity index (χ1n) is 9.85. The molecule has 0 aromatic heterocycles. The van der Waals surface area contributed by atoms with Crippen molar-refractivity contribution in [2.45, 2.75) is 32.2 Å². The minimum absolute atomic E-state index is 0.126. The Morgan fingerprint density at radius 3 is 2.32 bits per heavy atom. The Morgan fingerprint density at radius 2 is 1.79 bits per heavy atom. The van der Waals surface area contributed by atoms with Crippen molar-refractivity contribution in [1.29, 1.82) is 0 Å². The van der Waals surface area contributed by atoms with Crippen molar-refractivity contribution in [2.24, 2.45) is 5.92 Å². The van der Waals surface area contributed by atoms with E-state index in [2.05, 4.69) is 36.1 Å². The Bertz CT molecular complexity index is 780. The molecule has 2 atom stereocenters. The molecule has 150 valence electrons. The third-order valence-corrected chi connectivity index (χ3v) is 5.61. The van der Waals surface area contributed by atoms with Crippen LogP contribution < -0.4 is 9.47 Å². The van der Waals surface area contributed by atoms with Crippen LogP contribution in [0.15, 0.2) is 42.5 Å². The van der Waals surface area contributed by atoms with Gasteiger partial charge in [-0.25, -0.2) is 0 Å². The molecule has 0 spiro atoms. The van der Waals surface area contributed by atoms with Crippen LogP contribution in [0, 0.1) is 5.92 Å². The van der Waals surface area contributed by atoms with Gasteiger partial charge in [-0.1, -0.05) is 37.3 Å². The van der Waals surface area contributed by atoms with Crippen LogP contribution in [0.5, 0.6) is 11.5 Å². The molecule has 1 heterocycles. The number of hydrogen-bond donors (Lipinski definition) is 1. The molecule has 0 bridgehead atoms. The highest BCUT2D eigenvalue weighted by Crippen LogP contribution is 2.42. The number of rotatable bonds is 7. The average molecular weight is 383 g/mol. The van der Waals surface area contributed by atoms with E-state index in [0.29, 0.717) is 6.54 Å². The summed E-state index contributed by atoms with van der Waals surface area (Å²) in [6.45, 7) is 3.49. The number of aliphatic carboxylic acids is 1. The quantitative estimate of drug-likeness (QED) is 0.778. The molecule has 2 aromatic rings. The lowest BCUT2D eigenvalue weighted by Crippen LogP contribution is -2.41. The van der Waals surface area contributed by atoms with Gasteiger partial charge >= 0.3 is 5.97 Å². The Labute approximate surface area is 166 Å². The minimum atomic E-state index is -0.725. The van der Waals surface area contributed by atoms with Crippen LogP contribution in [0.4, 0.5) is 0 Å². The van der Waals surface area contributed by atoms with Crippen LogP contribution >= 0.6 is 0 Å². The molecule has 0 amide bonds. The first kappa shape index (κ1) is 20.2. The van der Waals surface area contributed by atoms with E-state index in [1.54, 1.807) is 14.2 Å². The molecule has 0 radical (unpaired) electrons. The summed E-state index contributed by atoms with van der Waals surface area (Å²) in [5, 5.41) is 9.57. The number of benzene rings is 2. The van der Waals surface area contributed by atoms with Crippen molar-refractivity contribution < 1.29 is 19.4 Å². The molecule has 28 heavy (non-hydrogen) atoms. The normalized spacial score (nSPS) is 18.5. The smallest absolute Gasteiger partial charge is 0.307 e. The summed E-state index contributed by atoms with van der Waals surface area (Å²) in [5.41, 5.74) is 3.34. The van der Waals surface area contributed by atoms with Gasteiger partial charge in [0.15, 0.2) is 0 Å². The van der Waals surface area contributed by atoms with E-state index in [1.807, 2.05) is 18.2 Å². The minimum Gasteiger partial charge on any atom is -0.496 e. The fourth-order valence-corrected chi connectivity index (χ4v) is 4.09. The molecule has 5 heteroatoms. The fraction of sp³-hybridized carbons (Fsp3) is 0.435. The van der Waals surface area contributed by atoms with E-state index < -0.39 is 5.97 Å². The van der Waals surface area contributed by atoms with Crippen LogP contribution in [0.2, 0.25) is 0 Å². The number of carboxylic acid groups (broad SMARTS) is 1. The van der Waals surface area contributed by atoms with Crippen LogP contribution in [0.3, 0.4) is 0 Å². The van der Waals surface area contributed by atoms with Crippen LogP contribution in [-0.4, -0.2) is 43.3 Å². The van der Waals surface area contributed by atoms with Gasteiger partial charge < -0.3 is 14.6 Å². The molecule has 1 aliphatic heterocycles. The van der Waals surface area contributed by atoms with Gasteiger partial charge in [-0.3, -0.25) is 9.69 Å². The van der Waals surface area contributed by atoms with Gasteiger partial charge in [0, 0.05) is 6.54 Å². The molecular weight excluding hydrogens is 354 g/mol. The largest absolute Gasteiger partial charge is 0.496 e. The van der Waals surface area contributed by atoms with Crippen molar-refractivity contribution >= 4 is 5.97 Å². The number of piperidine rings is 1. The van der Waals surface area contributed by atoms with Crippen LogP contribution in [-0.2, 0) is 11.2 Å². The first-order chi connectivity index (χ1) is 13.6. The third kappa shape index (κ3) is 4.14. The molecule has 3 rings (SSSR count). The number of likely N-dealkylation sites (tertiary alicyclic amines) is 1. The maximum Gasteiger partial charge on any atom is 0.307 e. The summed E-state index contributed by atoms with van der Waals surface area (Å²) in [6.07, 6.45) is 2.56. The molecule has 2 aromatic carbocycles. The van der Waals surface area contributed by atoms with Crippen molar-refractivity contribution in [3.05, 3.63) is 59.2 Å². The molecule has 1 N–H and O–H groups in total. The maximum atomic E-state index is 11.6. The van der Waals surface area contributed by atoms with Gasteiger partial charge in [0.1, 0.15) is 11.5 Å². The number of methoxy groups -OCH3 is 2. The van der Waals surface area contributed by atoms with Gasteiger partial charge in [0.2, 0.25) is 0 Å². The highest BCUT2D eigenvalue weighted by molar-refractivity contribution is 5.70. The monoisotopic (exact) mass is 383 g/mol. The zero-order valence-corrected chi connectivity index (χ0v) is 16.9. The predicted molar refractivity (Wildman–Crippen MR) is 109 cm³/mol. The lowest BCUT2D eigenvalue weighted by Gasteiger charge is -2.38. The number of carboxylic acids is 1. The summed E-state index contributed by atoms with van der Waals surface area (Å²) in [4.78, 5) is 13.9. The van der Waals surface area contributed by atoms with Crippen LogP contribution in [0.1, 0.15) is 42.5 Å². The number of aryl methyl sites for hydroxylation is 1. The van der Waals surface area contributed by atoms with E-state index in [-0.39, 0.29) is 12.0 Å². The SMILES string of the molecule is CCc1ccc(C(c2c(OC)cccc2OC)N2CCCC(C(=O)O)C2)cc1. The first-order valence-corrected chi connectivity index (χ1v) is 9.85. The summed E-state index contributed by atoms with van der Waals surface area (Å²) in [6, 6.07) is 14.2. The zero-order valence-electron chi connectivity index (χ0n) is 16.9. The standard InChI is InChI=1S/C23H29NO4/c1-4-16-10-12-17(13-11-16)22(24-14-6-7-18(15-24)23(25)26)21-19(27-2)8-5-9-20(21)28-3/h5,8-13,18,22H,4,6-7,14-15H2,1-3H3,(H,25,26). The molecular formula is C23H29NO4. The van der Waals surface area contributed by atoms with Gasteiger partial charge in [-0.15, -0.1) is 0 Å². The van der Waals surface area contributed by atoms with Gasteiger partial charge in [-0.2, -0.15) is 0 Å². The van der Waals surface area contributed by atoms with Gasteiger partial charge in [0.25, 0.3) is 0 Å². The Morgan fingerprint density at radius 1 is 1.14 bits per heavy atom. The van der Waals surface area contributed by atoms with E-state index in [1.165, 1.54) is 5.56 Å². The van der Waals surface area contributed by atoms with E-state index in [0.717, 1.165) is 48.4 Å². The lowest BCUT2D eigenvalue weighted by molar-refractivity contribution is -0.143. The van der Waals surface area contributed by atoms with Crippen molar-refractivity contribution in [3.8, 4) is 11.5 Å². The number of nitrogens with zero attached hydrogens (tertiary/aromatic N) is 1. The number of carbonyl (C=O) groups is 1. The molecule has 1 fully saturated rings. The third-order valence-electron chi connectivity index (χ3n) is 5.61.